The van der Waals surface area contributed by atoms with Crippen LogP contribution < -0.4 is 10.4 Å². The number of hydrogen-bond acceptors (Lipinski definition) is 6. The van der Waals surface area contributed by atoms with Gasteiger partial charge in [-0.1, -0.05) is 328 Å². The molecule has 3 aliphatic carbocycles. The van der Waals surface area contributed by atoms with Crippen molar-refractivity contribution in [1.82, 2.24) is 24.9 Å². The molecule has 4 unspecified atom stereocenters. The zero-order valence-electron chi connectivity index (χ0n) is 57.2. The number of rotatable bonds is 12. The van der Waals surface area contributed by atoms with Gasteiger partial charge in [-0.2, -0.15) is 0 Å². The van der Waals surface area contributed by atoms with Crippen LogP contribution in [-0.4, -0.2) is 31.1 Å². The highest BCUT2D eigenvalue weighted by Crippen LogP contribution is 2.45. The molecule has 15 aromatic rings. The summed E-state index contributed by atoms with van der Waals surface area (Å²) in [5.41, 5.74) is 22.6. The lowest BCUT2D eigenvalue weighted by Gasteiger charge is -2.33. The smallest absolute Gasteiger partial charge is 0.160 e. The van der Waals surface area contributed by atoms with Crippen LogP contribution in [0.3, 0.4) is 0 Å². The van der Waals surface area contributed by atoms with Gasteiger partial charge in [0.1, 0.15) is 0 Å². The molecule has 0 spiro atoms. The Kier molecular flexibility index (Phi) is 17.0. The van der Waals surface area contributed by atoms with Crippen molar-refractivity contribution in [3.8, 4) is 89.9 Å². The quantitative estimate of drug-likeness (QED) is 0.114. The molecule has 4 aliphatic rings. The SMILES string of the molecule is C1=CC2C(c3ccccc3)=c3ccccc3=C(c3ccc(-c4nc(-c5ccc(-c6cccnc6)cc5)cc(-c5ccc6ccccc6c5)n4)cc3)C2C=C1.C1=CN=CC(C2=CCC(c3cc(-c4ccccc4)nc(-c4ccc(-c5c6ccccc6c(-c6ccccc6)c6ccccc56)cc4)n3)C=C2)C1. The highest BCUT2D eigenvalue weighted by atomic mass is 14.9. The van der Waals surface area contributed by atoms with Crippen LogP contribution in [0, 0.1) is 17.8 Å². The van der Waals surface area contributed by atoms with Gasteiger partial charge in [0, 0.05) is 76.3 Å². The number of aliphatic imine (C=N–C) groups is 1. The molecule has 0 bridgehead atoms. The van der Waals surface area contributed by atoms with Gasteiger partial charge in [0.15, 0.2) is 11.6 Å². The fraction of sp³-hybridized carbons (Fsp3) is 0.0612. The second-order valence-corrected chi connectivity index (χ2v) is 27.1. The van der Waals surface area contributed by atoms with Crippen molar-refractivity contribution in [3.63, 3.8) is 0 Å². The van der Waals surface area contributed by atoms with Crippen LogP contribution in [0.2, 0.25) is 0 Å². The number of hydrogen-bond donors (Lipinski definition) is 0. The van der Waals surface area contributed by atoms with E-state index in [-0.39, 0.29) is 17.8 Å². The highest BCUT2D eigenvalue weighted by molar-refractivity contribution is 6.21. The van der Waals surface area contributed by atoms with Gasteiger partial charge in [-0.25, -0.2) is 19.9 Å². The molecule has 12 aromatic carbocycles. The number of nitrogens with zero attached hydrogens (tertiary/aromatic N) is 6. The van der Waals surface area contributed by atoms with Crippen LogP contribution in [0.4, 0.5) is 0 Å². The largest absolute Gasteiger partial charge is 0.269 e. The number of benzene rings is 12. The Bertz CT molecular complexity index is 6020. The summed E-state index contributed by atoms with van der Waals surface area (Å²) in [7, 11) is 0. The second kappa shape index (κ2) is 28.1. The van der Waals surface area contributed by atoms with E-state index >= 15 is 0 Å². The number of fused-ring (bicyclic) bond motifs is 5. The topological polar surface area (TPSA) is 76.8 Å². The van der Waals surface area contributed by atoms with Crippen molar-refractivity contribution in [1.29, 1.82) is 0 Å². The van der Waals surface area contributed by atoms with Crippen LogP contribution in [-0.2, 0) is 0 Å². The van der Waals surface area contributed by atoms with E-state index in [1.165, 1.54) is 92.9 Å². The van der Waals surface area contributed by atoms with Crippen LogP contribution >= 0.6 is 0 Å². The summed E-state index contributed by atoms with van der Waals surface area (Å²) in [4.78, 5) is 29.4. The summed E-state index contributed by atoms with van der Waals surface area (Å²) in [6.07, 6.45) is 27.7. The van der Waals surface area contributed by atoms with Gasteiger partial charge in [-0.05, 0) is 141 Å². The van der Waals surface area contributed by atoms with Crippen molar-refractivity contribution < 1.29 is 0 Å². The minimum Gasteiger partial charge on any atom is -0.269 e. The predicted octanol–water partition coefficient (Wildman–Crippen LogP) is 22.5. The first-order valence-electron chi connectivity index (χ1n) is 35.9. The van der Waals surface area contributed by atoms with Crippen molar-refractivity contribution in [3.05, 3.63) is 403 Å². The van der Waals surface area contributed by atoms with Gasteiger partial charge in [-0.15, -0.1) is 0 Å². The standard InChI is InChI=1S/C51H35N3.C47H35N3/c1-2-12-37(13-3-1)49-43-16-6-8-18-45(43)50(46-19-9-7-17-44(46)49)38-25-27-39(28-26-38)51-53-47(36-23-20-35(21-24-36)42-15-10-30-52-33-42)32-48(54-51)41-29-22-34-11-4-5-14-40(34)31-41;1-3-12-33(13-4-1)43-30-44(34-23-21-32(22-24-34)38-16-11-29-48-31-38)50-47(49-43)37-27-25-36(26-28-37)46-41-19-9-7-17-39(41)45(35-14-5-2-6-15-35)40-18-8-10-20-42(40)46/h1-33,43,45H;1-15,17-23,25-31,34,38H,16,24H2. The van der Waals surface area contributed by atoms with Crippen LogP contribution in [0.5, 0.6) is 0 Å². The molecule has 104 heavy (non-hydrogen) atoms. The first-order valence-corrected chi connectivity index (χ1v) is 35.9. The van der Waals surface area contributed by atoms with Crippen LogP contribution in [0.1, 0.15) is 35.6 Å². The molecule has 0 fully saturated rings. The zero-order chi connectivity index (χ0) is 69.1. The Hall–Kier alpha value is -13.2. The Balaban J connectivity index is 0.000000149. The van der Waals surface area contributed by atoms with E-state index in [2.05, 4.69) is 356 Å². The lowest BCUT2D eigenvalue weighted by atomic mass is 9.70. The summed E-state index contributed by atoms with van der Waals surface area (Å²) in [6, 6.07) is 108. The molecule has 0 saturated carbocycles. The molecule has 19 rings (SSSR count). The average molecular weight is 1330 g/mol. The molecule has 0 amide bonds. The molecule has 0 radical (unpaired) electrons. The van der Waals surface area contributed by atoms with E-state index in [1.807, 2.05) is 24.5 Å². The van der Waals surface area contributed by atoms with Gasteiger partial charge in [0.05, 0.1) is 22.8 Å². The van der Waals surface area contributed by atoms with E-state index in [0.717, 1.165) is 80.4 Å². The van der Waals surface area contributed by atoms with Crippen molar-refractivity contribution in [2.75, 3.05) is 0 Å². The molecule has 1 aliphatic heterocycles. The summed E-state index contributed by atoms with van der Waals surface area (Å²) >= 11 is 0. The molecule has 4 atom stereocenters. The highest BCUT2D eigenvalue weighted by Gasteiger charge is 2.32. The molecule has 4 heterocycles. The third-order valence-electron chi connectivity index (χ3n) is 20.8. The second-order valence-electron chi connectivity index (χ2n) is 27.1. The van der Waals surface area contributed by atoms with E-state index in [0.29, 0.717) is 11.7 Å². The lowest BCUT2D eigenvalue weighted by Crippen LogP contribution is -2.40. The fourth-order valence-electron chi connectivity index (χ4n) is 15.7. The van der Waals surface area contributed by atoms with Crippen LogP contribution in [0.25, 0.3) is 133 Å². The van der Waals surface area contributed by atoms with Gasteiger partial charge >= 0.3 is 0 Å². The molecule has 0 N–H and O–H groups in total. The molecule has 6 nitrogen and oxygen atoms in total. The lowest BCUT2D eigenvalue weighted by molar-refractivity contribution is 0.686. The normalized spacial score (nSPS) is 16.4. The number of allylic oxidation sites excluding steroid dienone is 9. The minimum absolute atomic E-state index is 0.180. The monoisotopic (exact) mass is 1330 g/mol. The Morgan fingerprint density at radius 1 is 0.317 bits per heavy atom. The van der Waals surface area contributed by atoms with Crippen molar-refractivity contribution >= 4 is 49.7 Å². The summed E-state index contributed by atoms with van der Waals surface area (Å²) in [5.74, 6) is 2.44. The summed E-state index contributed by atoms with van der Waals surface area (Å²) in [6.45, 7) is 0. The zero-order valence-corrected chi connectivity index (χ0v) is 57.2. The predicted molar refractivity (Wildman–Crippen MR) is 431 cm³/mol. The molecule has 492 valence electrons. The molecule has 6 heteroatoms. The summed E-state index contributed by atoms with van der Waals surface area (Å²) in [5, 5.41) is 9.98. The minimum atomic E-state index is 0.180. The maximum Gasteiger partial charge on any atom is 0.160 e. The van der Waals surface area contributed by atoms with Gasteiger partial charge in [0.2, 0.25) is 0 Å². The van der Waals surface area contributed by atoms with E-state index < -0.39 is 0 Å². The first kappa shape index (κ1) is 63.0. The maximum atomic E-state index is 5.21. The molecule has 0 saturated heterocycles. The maximum absolute atomic E-state index is 5.21. The average Bonchev–Trinajstić information content (AvgIpc) is 0.740. The van der Waals surface area contributed by atoms with Crippen molar-refractivity contribution in [2.45, 2.75) is 18.8 Å². The molecular formula is C98H70N6. The fourth-order valence-corrected chi connectivity index (χ4v) is 15.7. The molecular weight excluding hydrogens is 1260 g/mol. The van der Waals surface area contributed by atoms with E-state index in [9.17, 15) is 0 Å². The van der Waals surface area contributed by atoms with Gasteiger partial charge in [0.25, 0.3) is 0 Å². The van der Waals surface area contributed by atoms with Gasteiger partial charge < -0.3 is 0 Å². The molecule has 3 aromatic heterocycles. The Labute approximate surface area is 605 Å². The first-order chi connectivity index (χ1) is 51.6. The Morgan fingerprint density at radius 2 is 0.779 bits per heavy atom. The van der Waals surface area contributed by atoms with Crippen LogP contribution in [0.15, 0.2) is 381 Å². The van der Waals surface area contributed by atoms with Gasteiger partial charge in [-0.3, -0.25) is 9.98 Å². The third-order valence-corrected chi connectivity index (χ3v) is 20.8. The number of aromatic nitrogens is 5. The summed E-state index contributed by atoms with van der Waals surface area (Å²) < 4.78 is 0. The number of pyridine rings is 1. The Morgan fingerprint density at radius 3 is 1.36 bits per heavy atom. The van der Waals surface area contributed by atoms with E-state index in [1.54, 1.807) is 6.20 Å². The third kappa shape index (κ3) is 12.4. The van der Waals surface area contributed by atoms with Crippen molar-refractivity contribution in [2.24, 2.45) is 22.7 Å². The van der Waals surface area contributed by atoms with E-state index in [4.69, 9.17) is 19.9 Å².